The van der Waals surface area contributed by atoms with Crippen molar-refractivity contribution in [2.75, 3.05) is 19.4 Å². The average molecular weight is 297 g/mol. The van der Waals surface area contributed by atoms with Gasteiger partial charge in [0.15, 0.2) is 5.78 Å². The number of rotatable bonds is 4. The minimum atomic E-state index is -0.583. The Hall–Kier alpha value is -1.89. The summed E-state index contributed by atoms with van der Waals surface area (Å²) in [5, 5.41) is -0.454. The molecule has 1 fully saturated rings. The van der Waals surface area contributed by atoms with Gasteiger partial charge in [-0.2, -0.15) is 0 Å². The van der Waals surface area contributed by atoms with Crippen molar-refractivity contribution < 1.29 is 23.5 Å². The molecule has 1 heterocycles. The van der Waals surface area contributed by atoms with Crippen LogP contribution in [0.3, 0.4) is 0 Å². The molecule has 20 heavy (non-hydrogen) atoms. The van der Waals surface area contributed by atoms with Crippen LogP contribution in [-0.4, -0.2) is 41.2 Å². The summed E-state index contributed by atoms with van der Waals surface area (Å²) in [6, 6.07) is 3.53. The summed E-state index contributed by atoms with van der Waals surface area (Å²) in [6.45, 7) is -0.398. The molecule has 0 N–H and O–H groups in total. The molecule has 1 aliphatic heterocycles. The number of amides is 2. The molecule has 0 atom stereocenters. The number of halogens is 1. The number of thioether (sulfide) groups is 1. The molecule has 5 nitrogen and oxygen atoms in total. The van der Waals surface area contributed by atoms with Crippen LogP contribution in [-0.2, 0) is 4.79 Å². The van der Waals surface area contributed by atoms with Gasteiger partial charge >= 0.3 is 0 Å². The summed E-state index contributed by atoms with van der Waals surface area (Å²) >= 11 is 0.989. The quantitative estimate of drug-likeness (QED) is 0.796. The fourth-order valence-electron chi connectivity index (χ4n) is 1.82. The molecule has 0 aliphatic carbocycles. The largest absolute Gasteiger partial charge is 0.496 e. The minimum absolute atomic E-state index is 0.0173. The van der Waals surface area contributed by atoms with E-state index in [4.69, 9.17) is 4.74 Å². The molecular formula is C13H12FNO4S. The van der Waals surface area contributed by atoms with Gasteiger partial charge in [0, 0.05) is 12.2 Å². The fraction of sp³-hybridized carbons (Fsp3) is 0.308. The van der Waals surface area contributed by atoms with E-state index in [1.807, 2.05) is 0 Å². The van der Waals surface area contributed by atoms with Crippen molar-refractivity contribution in [1.82, 2.24) is 4.90 Å². The molecule has 0 unspecified atom stereocenters. The maximum absolute atomic E-state index is 13.2. The highest BCUT2D eigenvalue weighted by atomic mass is 32.2. The number of hydrogen-bond donors (Lipinski definition) is 0. The van der Waals surface area contributed by atoms with Crippen LogP contribution in [0.5, 0.6) is 5.75 Å². The van der Waals surface area contributed by atoms with E-state index in [0.29, 0.717) is 5.75 Å². The van der Waals surface area contributed by atoms with E-state index < -0.39 is 29.3 Å². The first-order valence-corrected chi connectivity index (χ1v) is 6.85. The second-order valence-electron chi connectivity index (χ2n) is 4.11. The Morgan fingerprint density at radius 3 is 2.85 bits per heavy atom. The van der Waals surface area contributed by atoms with E-state index >= 15 is 0 Å². The topological polar surface area (TPSA) is 63.7 Å². The molecule has 1 aliphatic rings. The fourth-order valence-corrected chi connectivity index (χ4v) is 2.59. The third-order valence-electron chi connectivity index (χ3n) is 2.83. The summed E-state index contributed by atoms with van der Waals surface area (Å²) in [5.41, 5.74) is 0.0173. The number of benzene rings is 1. The molecule has 1 saturated heterocycles. The van der Waals surface area contributed by atoms with Crippen LogP contribution >= 0.6 is 11.8 Å². The highest BCUT2D eigenvalue weighted by molar-refractivity contribution is 8.13. The standard InChI is InChI=1S/C13H12FNO4S/c1-19-11-3-2-8(14)6-9(11)10(16)7-15-12(17)4-5-20-13(15)18/h2-3,6H,4-5,7H2,1H3. The highest BCUT2D eigenvalue weighted by Gasteiger charge is 2.29. The zero-order valence-electron chi connectivity index (χ0n) is 10.7. The number of ether oxygens (including phenoxy) is 1. The van der Waals surface area contributed by atoms with Gasteiger partial charge in [0.25, 0.3) is 5.24 Å². The van der Waals surface area contributed by atoms with Gasteiger partial charge in [-0.3, -0.25) is 19.3 Å². The van der Waals surface area contributed by atoms with Gasteiger partial charge in [-0.15, -0.1) is 0 Å². The normalized spacial score (nSPS) is 15.4. The molecule has 0 aromatic heterocycles. The van der Waals surface area contributed by atoms with E-state index in [1.54, 1.807) is 0 Å². The van der Waals surface area contributed by atoms with Crippen LogP contribution in [0.1, 0.15) is 16.8 Å². The summed E-state index contributed by atoms with van der Waals surface area (Å²) in [6.07, 6.45) is 0.212. The van der Waals surface area contributed by atoms with Crippen LogP contribution in [0.4, 0.5) is 9.18 Å². The lowest BCUT2D eigenvalue weighted by Gasteiger charge is -2.23. The third kappa shape index (κ3) is 2.98. The number of ketones is 1. The van der Waals surface area contributed by atoms with Crippen LogP contribution in [0.2, 0.25) is 0 Å². The highest BCUT2D eigenvalue weighted by Crippen LogP contribution is 2.23. The number of carbonyl (C=O) groups is 3. The van der Waals surface area contributed by atoms with E-state index in [1.165, 1.54) is 19.2 Å². The number of Topliss-reactive ketones (excluding diaryl/α,β-unsaturated/α-hetero) is 1. The minimum Gasteiger partial charge on any atom is -0.496 e. The lowest BCUT2D eigenvalue weighted by molar-refractivity contribution is -0.127. The summed E-state index contributed by atoms with van der Waals surface area (Å²) in [7, 11) is 1.36. The second-order valence-corrected chi connectivity index (χ2v) is 5.16. The molecule has 0 bridgehead atoms. The third-order valence-corrected chi connectivity index (χ3v) is 3.70. The van der Waals surface area contributed by atoms with Crippen molar-refractivity contribution in [3.63, 3.8) is 0 Å². The molecule has 1 aromatic carbocycles. The Morgan fingerprint density at radius 2 is 2.20 bits per heavy atom. The second kappa shape index (κ2) is 6.04. The SMILES string of the molecule is COc1ccc(F)cc1C(=O)CN1C(=O)CCSC1=O. The molecule has 2 amide bonds. The van der Waals surface area contributed by atoms with Crippen molar-refractivity contribution in [3.8, 4) is 5.75 Å². The van der Waals surface area contributed by atoms with Crippen molar-refractivity contribution in [2.45, 2.75) is 6.42 Å². The summed E-state index contributed by atoms with van der Waals surface area (Å²) in [5.74, 6) is -0.880. The number of nitrogens with zero attached hydrogens (tertiary/aromatic N) is 1. The molecule has 0 spiro atoms. The Bertz CT molecular complexity index is 559. The van der Waals surface area contributed by atoms with E-state index in [2.05, 4.69) is 0 Å². The van der Waals surface area contributed by atoms with Crippen molar-refractivity contribution >= 4 is 28.7 Å². The van der Waals surface area contributed by atoms with Gasteiger partial charge in [0.1, 0.15) is 11.6 Å². The number of methoxy groups -OCH3 is 1. The lowest BCUT2D eigenvalue weighted by Crippen LogP contribution is -2.41. The zero-order valence-corrected chi connectivity index (χ0v) is 11.5. The van der Waals surface area contributed by atoms with Crippen molar-refractivity contribution in [1.29, 1.82) is 0 Å². The predicted molar refractivity (Wildman–Crippen MR) is 71.5 cm³/mol. The van der Waals surface area contributed by atoms with Gasteiger partial charge in [-0.1, -0.05) is 11.8 Å². The molecule has 1 aromatic rings. The van der Waals surface area contributed by atoms with Gasteiger partial charge in [-0.25, -0.2) is 4.39 Å². The first-order chi connectivity index (χ1) is 9.52. The Morgan fingerprint density at radius 1 is 1.45 bits per heavy atom. The van der Waals surface area contributed by atoms with Gasteiger partial charge in [-0.05, 0) is 18.2 Å². The van der Waals surface area contributed by atoms with Crippen LogP contribution < -0.4 is 4.74 Å². The van der Waals surface area contributed by atoms with E-state index in [0.717, 1.165) is 22.7 Å². The van der Waals surface area contributed by atoms with Crippen molar-refractivity contribution in [2.24, 2.45) is 0 Å². The zero-order chi connectivity index (χ0) is 14.7. The van der Waals surface area contributed by atoms with Crippen LogP contribution in [0.25, 0.3) is 0 Å². The molecule has 2 rings (SSSR count). The maximum Gasteiger partial charge on any atom is 0.288 e. The average Bonchev–Trinajstić information content (AvgIpc) is 2.43. The first kappa shape index (κ1) is 14.5. The Labute approximate surface area is 119 Å². The molecule has 0 radical (unpaired) electrons. The number of hydrogen-bond acceptors (Lipinski definition) is 5. The van der Waals surface area contributed by atoms with E-state index in [-0.39, 0.29) is 17.7 Å². The van der Waals surface area contributed by atoms with Gasteiger partial charge in [0.2, 0.25) is 5.91 Å². The molecule has 7 heteroatoms. The molecule has 106 valence electrons. The number of carbonyl (C=O) groups excluding carboxylic acids is 3. The van der Waals surface area contributed by atoms with Gasteiger partial charge in [0.05, 0.1) is 19.2 Å². The summed E-state index contributed by atoms with van der Waals surface area (Å²) < 4.78 is 18.2. The van der Waals surface area contributed by atoms with Crippen LogP contribution in [0, 0.1) is 5.82 Å². The Balaban J connectivity index is 2.21. The van der Waals surface area contributed by atoms with Crippen LogP contribution in [0.15, 0.2) is 18.2 Å². The summed E-state index contributed by atoms with van der Waals surface area (Å²) in [4.78, 5) is 36.3. The van der Waals surface area contributed by atoms with E-state index in [9.17, 15) is 18.8 Å². The Kier molecular flexibility index (Phi) is 4.39. The van der Waals surface area contributed by atoms with Gasteiger partial charge < -0.3 is 4.74 Å². The first-order valence-electron chi connectivity index (χ1n) is 5.87. The smallest absolute Gasteiger partial charge is 0.288 e. The predicted octanol–water partition coefficient (Wildman–Crippen LogP) is 2.10. The monoisotopic (exact) mass is 297 g/mol. The molecular weight excluding hydrogens is 285 g/mol. The van der Waals surface area contributed by atoms with Crippen molar-refractivity contribution in [3.05, 3.63) is 29.6 Å². The maximum atomic E-state index is 13.2. The lowest BCUT2D eigenvalue weighted by atomic mass is 10.1. The number of imide groups is 1. The molecule has 0 saturated carbocycles.